The molecule has 3 aromatic rings. The van der Waals surface area contributed by atoms with E-state index in [-0.39, 0.29) is 28.7 Å². The molecule has 2 aromatic carbocycles. The van der Waals surface area contributed by atoms with E-state index in [1.165, 1.54) is 24.2 Å². The van der Waals surface area contributed by atoms with Crippen molar-refractivity contribution in [3.05, 3.63) is 48.0 Å². The van der Waals surface area contributed by atoms with Gasteiger partial charge in [0.05, 0.1) is 27.8 Å². The van der Waals surface area contributed by atoms with Gasteiger partial charge in [-0.3, -0.25) is 4.79 Å². The quantitative estimate of drug-likeness (QED) is 0.581. The van der Waals surface area contributed by atoms with E-state index in [2.05, 4.69) is 24.0 Å². The number of carbonyl (C=O) groups is 1. The van der Waals surface area contributed by atoms with E-state index in [4.69, 9.17) is 4.98 Å². The van der Waals surface area contributed by atoms with Gasteiger partial charge in [0, 0.05) is 23.4 Å². The maximum absolute atomic E-state index is 12.1. The summed E-state index contributed by atoms with van der Waals surface area (Å²) in [7, 11) is -3.08. The topological polar surface area (TPSA) is 79.7 Å². The number of benzene rings is 2. The Morgan fingerprint density at radius 2 is 1.93 bits per heavy atom. The fourth-order valence-electron chi connectivity index (χ4n) is 3.92. The van der Waals surface area contributed by atoms with Gasteiger partial charge in [-0.05, 0) is 48.9 Å². The number of amidine groups is 1. The molecule has 2 aliphatic heterocycles. The number of thioether (sulfide) groups is 1. The van der Waals surface area contributed by atoms with Gasteiger partial charge in [-0.2, -0.15) is 4.99 Å². The largest absolute Gasteiger partial charge is 0.316 e. The van der Waals surface area contributed by atoms with E-state index in [1.54, 1.807) is 11.3 Å². The molecule has 5 rings (SSSR count). The number of thiazole rings is 1. The summed E-state index contributed by atoms with van der Waals surface area (Å²) in [5.74, 6) is -0.0776. The lowest BCUT2D eigenvalue weighted by atomic mass is 10.1. The Morgan fingerprint density at radius 3 is 2.67 bits per heavy atom. The van der Waals surface area contributed by atoms with Crippen molar-refractivity contribution in [1.82, 2.24) is 4.98 Å². The summed E-state index contributed by atoms with van der Waals surface area (Å²) < 4.78 is 25.4. The van der Waals surface area contributed by atoms with Crippen LogP contribution in [0.15, 0.2) is 47.5 Å². The first-order chi connectivity index (χ1) is 14.3. The van der Waals surface area contributed by atoms with Gasteiger partial charge in [-0.25, -0.2) is 13.4 Å². The number of amides is 1. The van der Waals surface area contributed by atoms with Crippen molar-refractivity contribution in [1.29, 1.82) is 0 Å². The molecule has 30 heavy (non-hydrogen) atoms. The minimum absolute atomic E-state index is 0.0839. The van der Waals surface area contributed by atoms with Gasteiger partial charge in [0.1, 0.15) is 5.01 Å². The zero-order valence-electron chi connectivity index (χ0n) is 16.4. The Hall–Kier alpha value is -2.23. The average molecular weight is 458 g/mol. The van der Waals surface area contributed by atoms with Gasteiger partial charge in [-0.15, -0.1) is 11.3 Å². The Balaban J connectivity index is 1.50. The zero-order valence-corrected chi connectivity index (χ0v) is 18.9. The molecule has 154 valence electrons. The maximum Gasteiger partial charge on any atom is 0.244 e. The molecule has 0 aliphatic carbocycles. The molecular formula is C21H19N3O3S3. The number of sulfone groups is 1. The number of aryl methyl sites for hydroxylation is 1. The van der Waals surface area contributed by atoms with Crippen LogP contribution >= 0.6 is 23.1 Å². The number of hydrogen-bond acceptors (Lipinski definition) is 6. The van der Waals surface area contributed by atoms with E-state index in [9.17, 15) is 13.2 Å². The number of nitrogens with zero attached hydrogens (tertiary/aromatic N) is 3. The van der Waals surface area contributed by atoms with Crippen LogP contribution in [-0.4, -0.2) is 47.3 Å². The molecule has 0 saturated carbocycles. The van der Waals surface area contributed by atoms with E-state index in [1.807, 2.05) is 35.2 Å². The minimum atomic E-state index is -3.08. The summed E-state index contributed by atoms with van der Waals surface area (Å²) in [5, 5.41) is 1.42. The number of anilines is 1. The van der Waals surface area contributed by atoms with Gasteiger partial charge in [-0.1, -0.05) is 17.8 Å². The molecule has 6 nitrogen and oxygen atoms in total. The summed E-state index contributed by atoms with van der Waals surface area (Å²) >= 11 is 3.04. The molecule has 0 unspecified atom stereocenters. The lowest BCUT2D eigenvalue weighted by molar-refractivity contribution is -0.115. The van der Waals surface area contributed by atoms with Crippen molar-refractivity contribution in [3.63, 3.8) is 0 Å². The Bertz CT molecular complexity index is 1300. The third-order valence-corrected chi connectivity index (χ3v) is 9.53. The molecule has 3 heterocycles. The van der Waals surface area contributed by atoms with Gasteiger partial charge in [0.15, 0.2) is 15.0 Å². The monoisotopic (exact) mass is 457 g/mol. The summed E-state index contributed by atoms with van der Waals surface area (Å²) in [6.45, 7) is 3.48. The molecule has 0 radical (unpaired) electrons. The zero-order chi connectivity index (χ0) is 21.0. The fraction of sp³-hybridized carbons (Fsp3) is 0.286. The summed E-state index contributed by atoms with van der Waals surface area (Å²) in [6, 6.07) is 13.9. The highest BCUT2D eigenvalue weighted by atomic mass is 32.2. The molecule has 9 heteroatoms. The second-order valence-corrected chi connectivity index (χ2v) is 12.0. The summed E-state index contributed by atoms with van der Waals surface area (Å²) in [6.07, 6.45) is 0. The third kappa shape index (κ3) is 3.55. The highest BCUT2D eigenvalue weighted by molar-refractivity contribution is 8.16. The van der Waals surface area contributed by atoms with Gasteiger partial charge >= 0.3 is 0 Å². The minimum Gasteiger partial charge on any atom is -0.316 e. The van der Waals surface area contributed by atoms with Crippen LogP contribution < -0.4 is 4.90 Å². The Morgan fingerprint density at radius 1 is 1.17 bits per heavy atom. The molecule has 0 bridgehead atoms. The molecule has 1 amide bonds. The van der Waals surface area contributed by atoms with Crippen LogP contribution in [0.1, 0.15) is 12.5 Å². The van der Waals surface area contributed by atoms with Crippen LogP contribution in [-0.2, 0) is 14.6 Å². The average Bonchev–Trinajstić information content (AvgIpc) is 3.30. The first-order valence-corrected chi connectivity index (χ1v) is 13.0. The number of rotatable bonds is 2. The second-order valence-electron chi connectivity index (χ2n) is 7.62. The van der Waals surface area contributed by atoms with Gasteiger partial charge < -0.3 is 4.90 Å². The van der Waals surface area contributed by atoms with E-state index in [0.717, 1.165) is 26.5 Å². The Kier molecular flexibility index (Phi) is 4.72. The van der Waals surface area contributed by atoms with E-state index < -0.39 is 9.84 Å². The number of aromatic nitrogens is 1. The van der Waals surface area contributed by atoms with Crippen LogP contribution in [0.4, 0.5) is 5.69 Å². The standard InChI is InChI=1S/C21H19N3O3S3/c1-12-3-8-16-18(9-12)28-20(23-16)14-4-6-15(7-5-14)24-17-10-30(26,27)11-19(17)29-21(24)22-13(2)25/h3-9,17,19H,10-11H2,1-2H3/t17-,19-/m0/s1. The molecular weight excluding hydrogens is 438 g/mol. The predicted molar refractivity (Wildman–Crippen MR) is 124 cm³/mol. The van der Waals surface area contributed by atoms with Crippen molar-refractivity contribution in [2.75, 3.05) is 16.4 Å². The van der Waals surface area contributed by atoms with Crippen LogP contribution in [0.25, 0.3) is 20.8 Å². The smallest absolute Gasteiger partial charge is 0.244 e. The van der Waals surface area contributed by atoms with Crippen molar-refractivity contribution in [2.45, 2.75) is 25.1 Å². The van der Waals surface area contributed by atoms with Crippen LogP contribution in [0, 0.1) is 6.92 Å². The van der Waals surface area contributed by atoms with Crippen molar-refractivity contribution in [2.24, 2.45) is 4.99 Å². The fourth-order valence-corrected chi connectivity index (χ4v) is 8.95. The van der Waals surface area contributed by atoms with Crippen LogP contribution in [0.2, 0.25) is 0 Å². The van der Waals surface area contributed by atoms with Crippen molar-refractivity contribution < 1.29 is 13.2 Å². The number of fused-ring (bicyclic) bond motifs is 2. The number of carbonyl (C=O) groups excluding carboxylic acids is 1. The highest BCUT2D eigenvalue weighted by Crippen LogP contribution is 2.41. The van der Waals surface area contributed by atoms with E-state index in [0.29, 0.717) is 5.17 Å². The first-order valence-electron chi connectivity index (χ1n) is 9.52. The lowest BCUT2D eigenvalue weighted by Gasteiger charge is -2.24. The summed E-state index contributed by atoms with van der Waals surface area (Å²) in [4.78, 5) is 22.4. The molecule has 2 saturated heterocycles. The normalized spacial score (nSPS) is 23.9. The molecule has 2 aliphatic rings. The number of aliphatic imine (C=N–C) groups is 1. The molecule has 2 atom stereocenters. The lowest BCUT2D eigenvalue weighted by Crippen LogP contribution is -2.37. The first kappa shape index (κ1) is 19.7. The molecule has 2 fully saturated rings. The van der Waals surface area contributed by atoms with Crippen LogP contribution in [0.5, 0.6) is 0 Å². The van der Waals surface area contributed by atoms with Crippen molar-refractivity contribution >= 4 is 59.9 Å². The van der Waals surface area contributed by atoms with Gasteiger partial charge in [0.25, 0.3) is 0 Å². The highest BCUT2D eigenvalue weighted by Gasteiger charge is 2.49. The Labute approximate surface area is 183 Å². The number of hydrogen-bond donors (Lipinski definition) is 0. The second kappa shape index (κ2) is 7.18. The van der Waals surface area contributed by atoms with E-state index >= 15 is 0 Å². The predicted octanol–water partition coefficient (Wildman–Crippen LogP) is 3.89. The third-order valence-electron chi connectivity index (χ3n) is 5.26. The molecule has 0 N–H and O–H groups in total. The molecule has 0 spiro atoms. The maximum atomic E-state index is 12.1. The summed E-state index contributed by atoms with van der Waals surface area (Å²) in [5.41, 5.74) is 4.03. The van der Waals surface area contributed by atoms with Crippen LogP contribution in [0.3, 0.4) is 0 Å². The SMILES string of the molecule is CC(=O)N=C1S[C@H]2CS(=O)(=O)C[C@@H]2N1c1ccc(-c2nc3ccc(C)cc3s2)cc1. The van der Waals surface area contributed by atoms with Gasteiger partial charge in [0.2, 0.25) is 5.91 Å². The molecule has 1 aromatic heterocycles. The van der Waals surface area contributed by atoms with Crippen molar-refractivity contribution in [3.8, 4) is 10.6 Å².